The number of aromatic nitrogens is 2. The van der Waals surface area contributed by atoms with Crippen molar-refractivity contribution in [1.29, 1.82) is 0 Å². The van der Waals surface area contributed by atoms with Gasteiger partial charge < -0.3 is 4.52 Å². The summed E-state index contributed by atoms with van der Waals surface area (Å²) in [6.07, 6.45) is 2.94. The number of rotatable bonds is 3. The van der Waals surface area contributed by atoms with Crippen molar-refractivity contribution in [2.45, 2.75) is 0 Å². The summed E-state index contributed by atoms with van der Waals surface area (Å²) in [7, 11) is 0. The molecule has 0 spiro atoms. The van der Waals surface area contributed by atoms with E-state index in [4.69, 9.17) is 4.52 Å². The predicted octanol–water partition coefficient (Wildman–Crippen LogP) is 2.57. The first-order valence-corrected chi connectivity index (χ1v) is 7.66. The van der Waals surface area contributed by atoms with E-state index >= 15 is 0 Å². The van der Waals surface area contributed by atoms with Gasteiger partial charge in [0.05, 0.1) is 5.56 Å². The third-order valence-corrected chi connectivity index (χ3v) is 3.49. The summed E-state index contributed by atoms with van der Waals surface area (Å²) in [6, 6.07) is 12.3. The quantitative estimate of drug-likeness (QED) is 0.674. The van der Waals surface area contributed by atoms with Crippen molar-refractivity contribution < 1.29 is 14.1 Å². The van der Waals surface area contributed by atoms with Gasteiger partial charge in [0.15, 0.2) is 11.5 Å². The highest BCUT2D eigenvalue weighted by Gasteiger charge is 2.15. The van der Waals surface area contributed by atoms with Crippen molar-refractivity contribution in [1.82, 2.24) is 21.0 Å². The molecule has 0 saturated carbocycles. The molecule has 120 valence electrons. The van der Waals surface area contributed by atoms with Gasteiger partial charge in [-0.05, 0) is 22.0 Å². The van der Waals surface area contributed by atoms with Gasteiger partial charge in [-0.2, -0.15) is 0 Å². The smallest absolute Gasteiger partial charge is 0.291 e. The molecular formula is C16H11BrN4O3. The Morgan fingerprint density at radius 2 is 1.75 bits per heavy atom. The maximum Gasteiger partial charge on any atom is 0.291 e. The van der Waals surface area contributed by atoms with E-state index in [1.807, 2.05) is 30.3 Å². The van der Waals surface area contributed by atoms with Crippen LogP contribution < -0.4 is 10.9 Å². The summed E-state index contributed by atoms with van der Waals surface area (Å²) >= 11 is 3.22. The zero-order chi connectivity index (χ0) is 16.9. The third kappa shape index (κ3) is 3.66. The second-order valence-corrected chi connectivity index (χ2v) is 5.66. The summed E-state index contributed by atoms with van der Waals surface area (Å²) < 4.78 is 5.80. The lowest BCUT2D eigenvalue weighted by atomic mass is 10.1. The van der Waals surface area contributed by atoms with Crippen molar-refractivity contribution in [2.75, 3.05) is 0 Å². The van der Waals surface area contributed by atoms with Crippen LogP contribution >= 0.6 is 15.9 Å². The Balaban J connectivity index is 1.63. The predicted molar refractivity (Wildman–Crippen MR) is 88.8 cm³/mol. The van der Waals surface area contributed by atoms with Crippen molar-refractivity contribution >= 4 is 27.7 Å². The Morgan fingerprint density at radius 3 is 2.50 bits per heavy atom. The lowest BCUT2D eigenvalue weighted by Crippen LogP contribution is -2.41. The third-order valence-electron chi connectivity index (χ3n) is 3.06. The van der Waals surface area contributed by atoms with E-state index in [0.717, 1.165) is 5.56 Å². The standard InChI is InChI=1S/C16H11BrN4O3/c17-12-6-11(8-18-9-12)15(22)19-20-16(23)13-7-14(24-21-13)10-4-2-1-3-5-10/h1-9H,(H,19,22)(H,20,23). The van der Waals surface area contributed by atoms with Gasteiger partial charge in [0.2, 0.25) is 0 Å². The Labute approximate surface area is 145 Å². The number of hydrazine groups is 1. The minimum atomic E-state index is -0.586. The topological polar surface area (TPSA) is 97.1 Å². The molecule has 0 aliphatic rings. The van der Waals surface area contributed by atoms with Crippen LogP contribution in [0.2, 0.25) is 0 Å². The molecule has 2 heterocycles. The molecular weight excluding hydrogens is 376 g/mol. The van der Waals surface area contributed by atoms with Crippen LogP contribution in [0.25, 0.3) is 11.3 Å². The highest BCUT2D eigenvalue weighted by molar-refractivity contribution is 9.10. The molecule has 0 atom stereocenters. The maximum absolute atomic E-state index is 12.0. The lowest BCUT2D eigenvalue weighted by molar-refractivity contribution is 0.0841. The molecule has 0 bridgehead atoms. The molecule has 8 heteroatoms. The molecule has 0 unspecified atom stereocenters. The summed E-state index contributed by atoms with van der Waals surface area (Å²) in [5, 5.41) is 3.70. The molecule has 3 aromatic rings. The summed E-state index contributed by atoms with van der Waals surface area (Å²) in [5.74, 6) is -0.621. The molecule has 0 saturated heterocycles. The van der Waals surface area contributed by atoms with E-state index in [0.29, 0.717) is 15.8 Å². The first kappa shape index (κ1) is 15.9. The van der Waals surface area contributed by atoms with E-state index in [-0.39, 0.29) is 5.69 Å². The van der Waals surface area contributed by atoms with E-state index < -0.39 is 11.8 Å². The second-order valence-electron chi connectivity index (χ2n) is 4.74. The molecule has 1 aromatic carbocycles. The van der Waals surface area contributed by atoms with Gasteiger partial charge in [0, 0.05) is 28.5 Å². The monoisotopic (exact) mass is 386 g/mol. The van der Waals surface area contributed by atoms with Crippen LogP contribution in [0.1, 0.15) is 20.8 Å². The number of carbonyl (C=O) groups excluding carboxylic acids is 2. The molecule has 0 radical (unpaired) electrons. The van der Waals surface area contributed by atoms with Gasteiger partial charge in [-0.1, -0.05) is 35.5 Å². The van der Waals surface area contributed by atoms with Crippen LogP contribution in [-0.4, -0.2) is 22.0 Å². The Hall–Kier alpha value is -3.00. The van der Waals surface area contributed by atoms with Gasteiger partial charge >= 0.3 is 0 Å². The van der Waals surface area contributed by atoms with Crippen LogP contribution in [0.4, 0.5) is 0 Å². The minimum absolute atomic E-state index is 0.0570. The number of pyridine rings is 1. The lowest BCUT2D eigenvalue weighted by Gasteiger charge is -2.05. The van der Waals surface area contributed by atoms with E-state index in [1.165, 1.54) is 12.3 Å². The Bertz CT molecular complexity index is 880. The van der Waals surface area contributed by atoms with Crippen LogP contribution in [0.3, 0.4) is 0 Å². The normalized spacial score (nSPS) is 10.2. The summed E-state index contributed by atoms with van der Waals surface area (Å²) in [4.78, 5) is 27.8. The van der Waals surface area contributed by atoms with Crippen molar-refractivity contribution in [3.63, 3.8) is 0 Å². The van der Waals surface area contributed by atoms with Crippen molar-refractivity contribution in [3.8, 4) is 11.3 Å². The zero-order valence-corrected chi connectivity index (χ0v) is 13.8. The molecule has 0 aliphatic heterocycles. The van der Waals surface area contributed by atoms with Gasteiger partial charge in [-0.3, -0.25) is 25.4 Å². The molecule has 0 aliphatic carbocycles. The molecule has 0 fully saturated rings. The van der Waals surface area contributed by atoms with Gasteiger partial charge in [0.25, 0.3) is 11.8 Å². The Morgan fingerprint density at radius 1 is 1.00 bits per heavy atom. The van der Waals surface area contributed by atoms with E-state index in [2.05, 4.69) is 36.9 Å². The van der Waals surface area contributed by atoms with E-state index in [9.17, 15) is 9.59 Å². The fourth-order valence-electron chi connectivity index (χ4n) is 1.91. The number of amides is 2. The average Bonchev–Trinajstić information content (AvgIpc) is 3.10. The number of halogens is 1. The molecule has 3 rings (SSSR count). The largest absolute Gasteiger partial charge is 0.355 e. The van der Waals surface area contributed by atoms with Crippen LogP contribution in [-0.2, 0) is 0 Å². The van der Waals surface area contributed by atoms with Crippen molar-refractivity contribution in [2.24, 2.45) is 0 Å². The fraction of sp³-hybridized carbons (Fsp3) is 0. The molecule has 7 nitrogen and oxygen atoms in total. The molecule has 24 heavy (non-hydrogen) atoms. The fourth-order valence-corrected chi connectivity index (χ4v) is 2.27. The number of hydrogen-bond acceptors (Lipinski definition) is 5. The molecule has 2 amide bonds. The second kappa shape index (κ2) is 7.05. The Kier molecular flexibility index (Phi) is 4.66. The van der Waals surface area contributed by atoms with Gasteiger partial charge in [-0.15, -0.1) is 0 Å². The molecule has 2 aromatic heterocycles. The van der Waals surface area contributed by atoms with Crippen LogP contribution in [0.15, 0.2) is 63.9 Å². The number of hydrogen-bond donors (Lipinski definition) is 2. The number of benzene rings is 1. The highest BCUT2D eigenvalue weighted by Crippen LogP contribution is 2.19. The molecule has 2 N–H and O–H groups in total. The van der Waals surface area contributed by atoms with Crippen LogP contribution in [0, 0.1) is 0 Å². The minimum Gasteiger partial charge on any atom is -0.355 e. The highest BCUT2D eigenvalue weighted by atomic mass is 79.9. The first-order valence-electron chi connectivity index (χ1n) is 6.87. The van der Waals surface area contributed by atoms with Crippen LogP contribution in [0.5, 0.6) is 0 Å². The van der Waals surface area contributed by atoms with Gasteiger partial charge in [-0.25, -0.2) is 0 Å². The van der Waals surface area contributed by atoms with E-state index in [1.54, 1.807) is 12.3 Å². The summed E-state index contributed by atoms with van der Waals surface area (Å²) in [6.45, 7) is 0. The SMILES string of the molecule is O=C(NNC(=O)c1cc(-c2ccccc2)on1)c1cncc(Br)c1. The number of nitrogens with zero attached hydrogens (tertiary/aromatic N) is 2. The number of nitrogens with one attached hydrogen (secondary N) is 2. The summed E-state index contributed by atoms with van der Waals surface area (Å²) in [5.41, 5.74) is 5.73. The zero-order valence-electron chi connectivity index (χ0n) is 12.2. The number of carbonyl (C=O) groups is 2. The van der Waals surface area contributed by atoms with Crippen molar-refractivity contribution in [3.05, 3.63) is 70.6 Å². The first-order chi connectivity index (χ1) is 11.6. The van der Waals surface area contributed by atoms with Gasteiger partial charge in [0.1, 0.15) is 0 Å². The maximum atomic E-state index is 12.0. The average molecular weight is 387 g/mol.